The van der Waals surface area contributed by atoms with Crippen molar-refractivity contribution in [3.63, 3.8) is 0 Å². The largest absolute Gasteiger partial charge is 0.478 e. The zero-order valence-electron chi connectivity index (χ0n) is 7.77. The van der Waals surface area contributed by atoms with E-state index in [1.807, 2.05) is 6.26 Å². The molecule has 1 heterocycles. The highest BCUT2D eigenvalue weighted by molar-refractivity contribution is 7.98. The van der Waals surface area contributed by atoms with Crippen molar-refractivity contribution in [1.82, 2.24) is 0 Å². The molecule has 0 bridgehead atoms. The molecule has 1 unspecified atom stereocenters. The molecule has 0 saturated heterocycles. The van der Waals surface area contributed by atoms with Crippen LogP contribution >= 0.6 is 23.1 Å². The Morgan fingerprint density at radius 3 is 3.00 bits per heavy atom. The van der Waals surface area contributed by atoms with Gasteiger partial charge in [0.25, 0.3) is 0 Å². The van der Waals surface area contributed by atoms with Crippen LogP contribution in [0.15, 0.2) is 11.4 Å². The SMILES string of the molecule is CSCCC(O)c1sccc1C(=O)O. The van der Waals surface area contributed by atoms with E-state index in [4.69, 9.17) is 5.11 Å². The van der Waals surface area contributed by atoms with Crippen molar-refractivity contribution in [2.24, 2.45) is 0 Å². The fourth-order valence-corrected chi connectivity index (χ4v) is 2.48. The summed E-state index contributed by atoms with van der Waals surface area (Å²) in [6, 6.07) is 1.53. The zero-order chi connectivity index (χ0) is 10.6. The van der Waals surface area contributed by atoms with Crippen molar-refractivity contribution < 1.29 is 15.0 Å². The van der Waals surface area contributed by atoms with Gasteiger partial charge in [-0.25, -0.2) is 4.79 Å². The van der Waals surface area contributed by atoms with Crippen molar-refractivity contribution in [3.05, 3.63) is 21.9 Å². The zero-order valence-corrected chi connectivity index (χ0v) is 9.40. The maximum atomic E-state index is 10.8. The number of hydrogen-bond acceptors (Lipinski definition) is 4. The summed E-state index contributed by atoms with van der Waals surface area (Å²) in [5, 5.41) is 20.2. The highest BCUT2D eigenvalue weighted by atomic mass is 32.2. The maximum absolute atomic E-state index is 10.8. The lowest BCUT2D eigenvalue weighted by Crippen LogP contribution is -2.04. The first-order valence-electron chi connectivity index (χ1n) is 4.14. The molecular formula is C9H12O3S2. The Labute approximate surface area is 90.8 Å². The van der Waals surface area contributed by atoms with Crippen molar-refractivity contribution >= 4 is 29.1 Å². The Morgan fingerprint density at radius 1 is 1.71 bits per heavy atom. The number of aromatic carboxylic acids is 1. The predicted octanol–water partition coefficient (Wildman–Crippen LogP) is 2.23. The lowest BCUT2D eigenvalue weighted by molar-refractivity contribution is 0.0690. The molecule has 1 rings (SSSR count). The van der Waals surface area contributed by atoms with Crippen LogP contribution in [-0.4, -0.2) is 28.2 Å². The van der Waals surface area contributed by atoms with Gasteiger partial charge in [-0.15, -0.1) is 11.3 Å². The van der Waals surface area contributed by atoms with Gasteiger partial charge in [0.15, 0.2) is 0 Å². The quantitative estimate of drug-likeness (QED) is 0.817. The number of thioether (sulfide) groups is 1. The number of aliphatic hydroxyl groups excluding tert-OH is 1. The van der Waals surface area contributed by atoms with E-state index in [1.165, 1.54) is 17.4 Å². The average molecular weight is 232 g/mol. The summed E-state index contributed by atoms with van der Waals surface area (Å²) < 4.78 is 0. The summed E-state index contributed by atoms with van der Waals surface area (Å²) in [5.74, 6) is -0.137. The normalized spacial score (nSPS) is 12.7. The van der Waals surface area contributed by atoms with Crippen LogP contribution in [0.3, 0.4) is 0 Å². The van der Waals surface area contributed by atoms with Crippen molar-refractivity contribution in [1.29, 1.82) is 0 Å². The van der Waals surface area contributed by atoms with Gasteiger partial charge in [-0.1, -0.05) is 0 Å². The summed E-state index contributed by atoms with van der Waals surface area (Å²) in [6.07, 6.45) is 1.91. The van der Waals surface area contributed by atoms with Crippen LogP contribution < -0.4 is 0 Å². The van der Waals surface area contributed by atoms with E-state index in [0.29, 0.717) is 11.3 Å². The highest BCUT2D eigenvalue weighted by Gasteiger charge is 2.17. The van der Waals surface area contributed by atoms with Crippen molar-refractivity contribution in [2.75, 3.05) is 12.0 Å². The van der Waals surface area contributed by atoms with E-state index in [0.717, 1.165) is 5.75 Å². The lowest BCUT2D eigenvalue weighted by Gasteiger charge is -2.08. The van der Waals surface area contributed by atoms with Crippen molar-refractivity contribution in [3.8, 4) is 0 Å². The highest BCUT2D eigenvalue weighted by Crippen LogP contribution is 2.27. The van der Waals surface area contributed by atoms with Gasteiger partial charge in [0.05, 0.1) is 11.7 Å². The van der Waals surface area contributed by atoms with E-state index in [9.17, 15) is 9.90 Å². The van der Waals surface area contributed by atoms with Gasteiger partial charge >= 0.3 is 5.97 Å². The monoisotopic (exact) mass is 232 g/mol. The fraction of sp³-hybridized carbons (Fsp3) is 0.444. The Hall–Kier alpha value is -0.520. The first-order chi connectivity index (χ1) is 6.66. The summed E-state index contributed by atoms with van der Waals surface area (Å²) in [5.41, 5.74) is 0.226. The molecule has 14 heavy (non-hydrogen) atoms. The molecule has 0 aliphatic rings. The Bertz CT molecular complexity index is 309. The van der Waals surface area contributed by atoms with E-state index in [1.54, 1.807) is 17.1 Å². The Balaban J connectivity index is 2.73. The van der Waals surface area contributed by atoms with Gasteiger partial charge in [0, 0.05) is 4.88 Å². The second kappa shape index (κ2) is 5.38. The van der Waals surface area contributed by atoms with Crippen LogP contribution in [0.25, 0.3) is 0 Å². The molecule has 0 fully saturated rings. The molecule has 3 nitrogen and oxygen atoms in total. The molecule has 78 valence electrons. The van der Waals surface area contributed by atoms with E-state index >= 15 is 0 Å². The molecule has 0 spiro atoms. The number of rotatable bonds is 5. The third kappa shape index (κ3) is 2.73. The molecule has 2 N–H and O–H groups in total. The Kier molecular flexibility index (Phi) is 4.44. The molecule has 0 amide bonds. The van der Waals surface area contributed by atoms with Crippen LogP contribution in [0.5, 0.6) is 0 Å². The second-order valence-electron chi connectivity index (χ2n) is 2.80. The number of carboxylic acid groups (broad SMARTS) is 1. The first-order valence-corrected chi connectivity index (χ1v) is 6.42. The molecule has 0 saturated carbocycles. The molecule has 0 aromatic carbocycles. The molecule has 5 heteroatoms. The molecule has 1 atom stereocenters. The van der Waals surface area contributed by atoms with Gasteiger partial charge in [0.1, 0.15) is 0 Å². The third-order valence-electron chi connectivity index (χ3n) is 1.82. The topological polar surface area (TPSA) is 57.5 Å². The van der Waals surface area contributed by atoms with E-state index in [-0.39, 0.29) is 5.56 Å². The molecule has 1 aromatic heterocycles. The minimum absolute atomic E-state index is 0.226. The Morgan fingerprint density at radius 2 is 2.43 bits per heavy atom. The number of hydrogen-bond donors (Lipinski definition) is 2. The van der Waals surface area contributed by atoms with E-state index < -0.39 is 12.1 Å². The second-order valence-corrected chi connectivity index (χ2v) is 4.73. The number of aliphatic hydroxyl groups is 1. The van der Waals surface area contributed by atoms with Crippen LogP contribution in [-0.2, 0) is 0 Å². The molecule has 0 aliphatic carbocycles. The van der Waals surface area contributed by atoms with Gasteiger partial charge in [-0.2, -0.15) is 11.8 Å². The van der Waals surface area contributed by atoms with Gasteiger partial charge in [0.2, 0.25) is 0 Å². The summed E-state index contributed by atoms with van der Waals surface area (Å²) >= 11 is 2.94. The molecule has 1 aromatic rings. The predicted molar refractivity (Wildman–Crippen MR) is 59.2 cm³/mol. The van der Waals surface area contributed by atoms with Crippen molar-refractivity contribution in [2.45, 2.75) is 12.5 Å². The molecule has 0 radical (unpaired) electrons. The molecule has 0 aliphatic heterocycles. The van der Waals surface area contributed by atoms with Gasteiger partial charge < -0.3 is 10.2 Å². The fourth-order valence-electron chi connectivity index (χ4n) is 1.12. The summed E-state index contributed by atoms with van der Waals surface area (Å²) in [7, 11) is 0. The minimum Gasteiger partial charge on any atom is -0.478 e. The standard InChI is InChI=1S/C9H12O3S2/c1-13-4-3-7(10)8-6(9(11)12)2-5-14-8/h2,5,7,10H,3-4H2,1H3,(H,11,12). The smallest absolute Gasteiger partial charge is 0.336 e. The summed E-state index contributed by atoms with van der Waals surface area (Å²) in [6.45, 7) is 0. The third-order valence-corrected chi connectivity index (χ3v) is 3.49. The number of thiophene rings is 1. The first kappa shape index (κ1) is 11.6. The van der Waals surface area contributed by atoms with E-state index in [2.05, 4.69) is 0 Å². The number of carboxylic acids is 1. The summed E-state index contributed by atoms with van der Waals surface area (Å²) in [4.78, 5) is 11.3. The van der Waals surface area contributed by atoms with Crippen LogP contribution in [0.2, 0.25) is 0 Å². The molecular weight excluding hydrogens is 220 g/mol. The van der Waals surface area contributed by atoms with Crippen LogP contribution in [0, 0.1) is 0 Å². The minimum atomic E-state index is -0.968. The van der Waals surface area contributed by atoms with Crippen LogP contribution in [0.4, 0.5) is 0 Å². The van der Waals surface area contributed by atoms with Gasteiger partial charge in [-0.3, -0.25) is 0 Å². The maximum Gasteiger partial charge on any atom is 0.336 e. The average Bonchev–Trinajstić information content (AvgIpc) is 2.62. The lowest BCUT2D eigenvalue weighted by atomic mass is 10.1. The number of carbonyl (C=O) groups is 1. The van der Waals surface area contributed by atoms with Gasteiger partial charge in [-0.05, 0) is 29.9 Å². The van der Waals surface area contributed by atoms with Crippen LogP contribution in [0.1, 0.15) is 27.8 Å².